The predicted octanol–water partition coefficient (Wildman–Crippen LogP) is -0.759. The summed E-state index contributed by atoms with van der Waals surface area (Å²) in [5.74, 6) is 0.0554. The van der Waals surface area contributed by atoms with Crippen LogP contribution in [0.15, 0.2) is 12.3 Å². The zero-order chi connectivity index (χ0) is 15.4. The number of aryl methyl sites for hydroxylation is 2. The first-order valence-corrected chi connectivity index (χ1v) is 7.19. The number of piperazine rings is 1. The van der Waals surface area contributed by atoms with Gasteiger partial charge in [0.1, 0.15) is 6.04 Å². The molecule has 1 aliphatic heterocycles. The molecule has 1 fully saturated rings. The molecule has 0 aromatic carbocycles. The fourth-order valence-corrected chi connectivity index (χ4v) is 2.59. The molecule has 1 saturated heterocycles. The summed E-state index contributed by atoms with van der Waals surface area (Å²) in [6.07, 6.45) is 2.85. The Kier molecular flexibility index (Phi) is 4.95. The first kappa shape index (κ1) is 15.5. The van der Waals surface area contributed by atoms with Crippen molar-refractivity contribution in [3.63, 3.8) is 0 Å². The van der Waals surface area contributed by atoms with E-state index in [0.717, 1.165) is 12.2 Å². The van der Waals surface area contributed by atoms with Gasteiger partial charge >= 0.3 is 0 Å². The van der Waals surface area contributed by atoms with Gasteiger partial charge in [0.15, 0.2) is 0 Å². The van der Waals surface area contributed by atoms with Gasteiger partial charge < -0.3 is 10.2 Å². The molecule has 2 rings (SSSR count). The topological polar surface area (TPSA) is 70.5 Å². The summed E-state index contributed by atoms with van der Waals surface area (Å²) < 4.78 is 1.78. The Morgan fingerprint density at radius 2 is 2.14 bits per heavy atom. The van der Waals surface area contributed by atoms with Crippen molar-refractivity contribution in [2.75, 3.05) is 33.7 Å². The highest BCUT2D eigenvalue weighted by molar-refractivity contribution is 5.83. The number of nitrogens with zero attached hydrogens (tertiary/aromatic N) is 4. The SMILES string of the molecule is CNC(=O)C1CN(C(=O)CCc2ccnn2C)CCN1C. The van der Waals surface area contributed by atoms with Gasteiger partial charge in [-0.25, -0.2) is 0 Å². The lowest BCUT2D eigenvalue weighted by molar-refractivity contribution is -0.137. The van der Waals surface area contributed by atoms with E-state index in [2.05, 4.69) is 10.4 Å². The summed E-state index contributed by atoms with van der Waals surface area (Å²) in [6.45, 7) is 1.85. The van der Waals surface area contributed by atoms with E-state index in [9.17, 15) is 9.59 Å². The number of aromatic nitrogens is 2. The molecule has 1 aromatic heterocycles. The van der Waals surface area contributed by atoms with E-state index in [1.807, 2.05) is 25.1 Å². The van der Waals surface area contributed by atoms with E-state index in [1.165, 1.54) is 0 Å². The smallest absolute Gasteiger partial charge is 0.238 e. The number of hydrogen-bond donors (Lipinski definition) is 1. The number of hydrogen-bond acceptors (Lipinski definition) is 4. The van der Waals surface area contributed by atoms with E-state index in [4.69, 9.17) is 0 Å². The standard InChI is InChI=1S/C14H23N5O2/c1-15-14(21)12-10-19(9-8-17(12)2)13(20)5-4-11-6-7-16-18(11)3/h6-7,12H,4-5,8-10H2,1-3H3,(H,15,21). The van der Waals surface area contributed by atoms with E-state index in [0.29, 0.717) is 25.9 Å². The molecule has 1 unspecified atom stereocenters. The van der Waals surface area contributed by atoms with Crippen molar-refractivity contribution in [2.45, 2.75) is 18.9 Å². The van der Waals surface area contributed by atoms with Gasteiger partial charge in [-0.15, -0.1) is 0 Å². The average Bonchev–Trinajstić information content (AvgIpc) is 2.89. The number of carbonyl (C=O) groups is 2. The third kappa shape index (κ3) is 3.60. The van der Waals surface area contributed by atoms with Crippen molar-refractivity contribution in [1.82, 2.24) is 24.9 Å². The maximum atomic E-state index is 12.3. The minimum absolute atomic E-state index is 0.0402. The zero-order valence-electron chi connectivity index (χ0n) is 12.9. The normalized spacial score (nSPS) is 19.6. The number of rotatable bonds is 4. The fourth-order valence-electron chi connectivity index (χ4n) is 2.59. The number of amides is 2. The minimum Gasteiger partial charge on any atom is -0.358 e. The summed E-state index contributed by atoms with van der Waals surface area (Å²) in [7, 11) is 5.41. The van der Waals surface area contributed by atoms with E-state index in [-0.39, 0.29) is 17.9 Å². The molecule has 7 heteroatoms. The van der Waals surface area contributed by atoms with Crippen LogP contribution in [0, 0.1) is 0 Å². The van der Waals surface area contributed by atoms with Gasteiger partial charge in [0, 0.05) is 52.0 Å². The summed E-state index contributed by atoms with van der Waals surface area (Å²) >= 11 is 0. The van der Waals surface area contributed by atoms with Crippen molar-refractivity contribution in [3.8, 4) is 0 Å². The molecule has 2 amide bonds. The number of nitrogens with one attached hydrogen (secondary N) is 1. The van der Waals surface area contributed by atoms with Crippen molar-refractivity contribution >= 4 is 11.8 Å². The molecular weight excluding hydrogens is 270 g/mol. The molecule has 1 N–H and O–H groups in total. The average molecular weight is 293 g/mol. The van der Waals surface area contributed by atoms with E-state index >= 15 is 0 Å². The molecule has 7 nitrogen and oxygen atoms in total. The molecule has 1 aliphatic rings. The zero-order valence-corrected chi connectivity index (χ0v) is 12.9. The molecular formula is C14H23N5O2. The molecule has 116 valence electrons. The Morgan fingerprint density at radius 1 is 1.38 bits per heavy atom. The summed E-state index contributed by atoms with van der Waals surface area (Å²) in [5.41, 5.74) is 1.04. The van der Waals surface area contributed by atoms with Crippen LogP contribution < -0.4 is 5.32 Å². The highest BCUT2D eigenvalue weighted by Crippen LogP contribution is 2.11. The summed E-state index contributed by atoms with van der Waals surface area (Å²) in [4.78, 5) is 27.9. The van der Waals surface area contributed by atoms with Gasteiger partial charge in [-0.05, 0) is 19.5 Å². The fraction of sp³-hybridized carbons (Fsp3) is 0.643. The predicted molar refractivity (Wildman–Crippen MR) is 78.6 cm³/mol. The number of likely N-dealkylation sites (N-methyl/N-ethyl adjacent to an activating group) is 2. The second kappa shape index (κ2) is 6.71. The first-order chi connectivity index (χ1) is 10.0. The quantitative estimate of drug-likeness (QED) is 0.792. The Bertz CT molecular complexity index is 513. The second-order valence-electron chi connectivity index (χ2n) is 5.40. The van der Waals surface area contributed by atoms with Gasteiger partial charge in [-0.3, -0.25) is 19.2 Å². The highest BCUT2D eigenvalue weighted by atomic mass is 16.2. The van der Waals surface area contributed by atoms with Crippen LogP contribution in [0.2, 0.25) is 0 Å². The maximum absolute atomic E-state index is 12.3. The van der Waals surface area contributed by atoms with Gasteiger partial charge in [0.2, 0.25) is 11.8 Å². The molecule has 1 aromatic rings. The van der Waals surface area contributed by atoms with Crippen molar-refractivity contribution < 1.29 is 9.59 Å². The van der Waals surface area contributed by atoms with Crippen LogP contribution in [0.1, 0.15) is 12.1 Å². The van der Waals surface area contributed by atoms with Crippen molar-refractivity contribution in [1.29, 1.82) is 0 Å². The molecule has 21 heavy (non-hydrogen) atoms. The Labute approximate surface area is 124 Å². The monoisotopic (exact) mass is 293 g/mol. The van der Waals surface area contributed by atoms with Gasteiger partial charge in [-0.2, -0.15) is 5.10 Å². The third-order valence-electron chi connectivity index (χ3n) is 4.07. The van der Waals surface area contributed by atoms with Crippen LogP contribution in [0.5, 0.6) is 0 Å². The molecule has 0 radical (unpaired) electrons. The Morgan fingerprint density at radius 3 is 2.76 bits per heavy atom. The molecule has 0 aliphatic carbocycles. The van der Waals surface area contributed by atoms with Crippen LogP contribution in [0.25, 0.3) is 0 Å². The van der Waals surface area contributed by atoms with Crippen LogP contribution in [-0.2, 0) is 23.1 Å². The van der Waals surface area contributed by atoms with Gasteiger partial charge in [0.25, 0.3) is 0 Å². The molecule has 1 atom stereocenters. The molecule has 0 saturated carbocycles. The Hall–Kier alpha value is -1.89. The molecule has 0 bridgehead atoms. The second-order valence-corrected chi connectivity index (χ2v) is 5.40. The highest BCUT2D eigenvalue weighted by Gasteiger charge is 2.31. The maximum Gasteiger partial charge on any atom is 0.238 e. The minimum atomic E-state index is -0.260. The largest absolute Gasteiger partial charge is 0.358 e. The lowest BCUT2D eigenvalue weighted by Gasteiger charge is -2.38. The molecule has 0 spiro atoms. The van der Waals surface area contributed by atoms with Crippen LogP contribution >= 0.6 is 0 Å². The Balaban J connectivity index is 1.90. The van der Waals surface area contributed by atoms with Gasteiger partial charge in [0.05, 0.1) is 0 Å². The van der Waals surface area contributed by atoms with E-state index < -0.39 is 0 Å². The first-order valence-electron chi connectivity index (χ1n) is 7.19. The van der Waals surface area contributed by atoms with Crippen LogP contribution in [0.3, 0.4) is 0 Å². The van der Waals surface area contributed by atoms with Crippen molar-refractivity contribution in [2.24, 2.45) is 7.05 Å². The van der Waals surface area contributed by atoms with E-state index in [1.54, 1.807) is 22.8 Å². The van der Waals surface area contributed by atoms with Crippen LogP contribution in [-0.4, -0.2) is 71.2 Å². The molecule has 2 heterocycles. The van der Waals surface area contributed by atoms with Crippen LogP contribution in [0.4, 0.5) is 0 Å². The van der Waals surface area contributed by atoms with Crippen molar-refractivity contribution in [3.05, 3.63) is 18.0 Å². The summed E-state index contributed by atoms with van der Waals surface area (Å²) in [6, 6.07) is 1.66. The number of carbonyl (C=O) groups excluding carboxylic acids is 2. The lowest BCUT2D eigenvalue weighted by atomic mass is 10.1. The van der Waals surface area contributed by atoms with Gasteiger partial charge in [-0.1, -0.05) is 0 Å². The third-order valence-corrected chi connectivity index (χ3v) is 4.07. The summed E-state index contributed by atoms with van der Waals surface area (Å²) in [5, 5.41) is 6.75. The lowest BCUT2D eigenvalue weighted by Crippen LogP contribution is -2.58.